The van der Waals surface area contributed by atoms with E-state index in [-0.39, 0.29) is 16.6 Å². The van der Waals surface area contributed by atoms with E-state index in [9.17, 15) is 13.2 Å². The minimum absolute atomic E-state index is 0.0550. The molecule has 0 aliphatic heterocycles. The highest BCUT2D eigenvalue weighted by molar-refractivity contribution is 7.92. The van der Waals surface area contributed by atoms with Gasteiger partial charge in [-0.2, -0.15) is 0 Å². The number of anilines is 2. The van der Waals surface area contributed by atoms with Crippen molar-refractivity contribution < 1.29 is 17.9 Å². The molecule has 156 valence electrons. The van der Waals surface area contributed by atoms with Crippen LogP contribution in [0.25, 0.3) is 0 Å². The molecule has 0 saturated carbocycles. The molecule has 0 aliphatic carbocycles. The summed E-state index contributed by atoms with van der Waals surface area (Å²) in [5.41, 5.74) is 1.13. The van der Waals surface area contributed by atoms with Gasteiger partial charge in [0.1, 0.15) is 5.75 Å². The van der Waals surface area contributed by atoms with Crippen LogP contribution in [0.3, 0.4) is 0 Å². The minimum Gasteiger partial charge on any atom is -0.491 e. The molecule has 0 radical (unpaired) electrons. The number of carbonyl (C=O) groups excluding carboxylic acids is 1. The number of carbonyl (C=O) groups is 1. The number of rotatable bonds is 7. The number of nitrogens with zero attached hydrogens (tertiary/aromatic N) is 1. The van der Waals surface area contributed by atoms with E-state index in [1.165, 1.54) is 19.2 Å². The molecule has 6 nitrogen and oxygen atoms in total. The molecule has 0 aliphatic rings. The minimum atomic E-state index is -3.80. The van der Waals surface area contributed by atoms with Gasteiger partial charge >= 0.3 is 0 Å². The normalized spacial score (nSPS) is 11.2. The highest BCUT2D eigenvalue weighted by Crippen LogP contribution is 2.26. The van der Waals surface area contributed by atoms with Crippen molar-refractivity contribution in [1.29, 1.82) is 0 Å². The molecule has 1 N–H and O–H groups in total. The molecule has 0 saturated heterocycles. The average molecular weight is 425 g/mol. The Balaban J connectivity index is 1.85. The third-order valence-electron chi connectivity index (χ3n) is 4.37. The summed E-state index contributed by atoms with van der Waals surface area (Å²) in [4.78, 5) is 13.1. The number of para-hydroxylation sites is 1. The predicted octanol–water partition coefficient (Wildman–Crippen LogP) is 4.55. The zero-order valence-corrected chi connectivity index (χ0v) is 17.9. The highest BCUT2D eigenvalue weighted by Gasteiger charge is 2.24. The second-order valence-electron chi connectivity index (χ2n) is 6.95. The Hall–Kier alpha value is -3.32. The molecule has 0 aromatic heterocycles. The summed E-state index contributed by atoms with van der Waals surface area (Å²) in [6.07, 6.45) is 0.0550. The summed E-state index contributed by atoms with van der Waals surface area (Å²) in [5, 5.41) is 2.81. The lowest BCUT2D eigenvalue weighted by atomic mass is 10.1. The number of sulfonamides is 1. The van der Waals surface area contributed by atoms with E-state index in [4.69, 9.17) is 4.74 Å². The lowest BCUT2D eigenvalue weighted by molar-refractivity contribution is 0.102. The first-order valence-corrected chi connectivity index (χ1v) is 10.9. The van der Waals surface area contributed by atoms with Gasteiger partial charge in [0.05, 0.1) is 22.3 Å². The Kier molecular flexibility index (Phi) is 6.42. The lowest BCUT2D eigenvalue weighted by Gasteiger charge is -2.22. The SMILES string of the molecule is CC(C)Oc1ccc(NC(=O)c2ccccc2N(C)S(=O)(=O)c2ccccc2)cc1. The fraction of sp³-hybridized carbons (Fsp3) is 0.174. The van der Waals surface area contributed by atoms with Gasteiger partial charge in [-0.05, 0) is 62.4 Å². The van der Waals surface area contributed by atoms with Crippen LogP contribution in [0, 0.1) is 0 Å². The zero-order valence-electron chi connectivity index (χ0n) is 17.1. The fourth-order valence-electron chi connectivity index (χ4n) is 2.91. The largest absolute Gasteiger partial charge is 0.491 e. The number of hydrogen-bond donors (Lipinski definition) is 1. The van der Waals surface area contributed by atoms with Crippen molar-refractivity contribution in [1.82, 2.24) is 0 Å². The van der Waals surface area contributed by atoms with Crippen LogP contribution in [-0.4, -0.2) is 27.5 Å². The van der Waals surface area contributed by atoms with E-state index in [0.717, 1.165) is 4.31 Å². The molecule has 3 rings (SSSR count). The van der Waals surface area contributed by atoms with Crippen LogP contribution >= 0.6 is 0 Å². The molecule has 0 atom stereocenters. The van der Waals surface area contributed by atoms with Crippen LogP contribution in [0.4, 0.5) is 11.4 Å². The molecule has 0 unspecified atom stereocenters. The second kappa shape index (κ2) is 9.00. The molecular weight excluding hydrogens is 400 g/mol. The van der Waals surface area contributed by atoms with Gasteiger partial charge in [0.2, 0.25) is 0 Å². The topological polar surface area (TPSA) is 75.7 Å². The third kappa shape index (κ3) is 4.80. The number of benzene rings is 3. The molecule has 0 bridgehead atoms. The maximum Gasteiger partial charge on any atom is 0.264 e. The third-order valence-corrected chi connectivity index (χ3v) is 6.16. The number of hydrogen-bond acceptors (Lipinski definition) is 4. The monoisotopic (exact) mass is 424 g/mol. The Bertz CT molecular complexity index is 1110. The first-order valence-electron chi connectivity index (χ1n) is 9.50. The molecular formula is C23H24N2O4S. The van der Waals surface area contributed by atoms with Gasteiger partial charge in [0, 0.05) is 12.7 Å². The van der Waals surface area contributed by atoms with E-state index >= 15 is 0 Å². The van der Waals surface area contributed by atoms with Crippen LogP contribution in [0.15, 0.2) is 83.8 Å². The van der Waals surface area contributed by atoms with Crippen molar-refractivity contribution in [2.45, 2.75) is 24.8 Å². The van der Waals surface area contributed by atoms with Gasteiger partial charge in [-0.1, -0.05) is 30.3 Å². The highest BCUT2D eigenvalue weighted by atomic mass is 32.2. The number of nitrogens with one attached hydrogen (secondary N) is 1. The van der Waals surface area contributed by atoms with Gasteiger partial charge in [0.15, 0.2) is 0 Å². The standard InChI is InChI=1S/C23H24N2O4S/c1-17(2)29-19-15-13-18(14-16-19)24-23(26)21-11-7-8-12-22(21)25(3)30(27,28)20-9-5-4-6-10-20/h4-17H,1-3H3,(H,24,26). The van der Waals surface area contributed by atoms with E-state index in [1.54, 1.807) is 66.7 Å². The van der Waals surface area contributed by atoms with Gasteiger partial charge in [-0.3, -0.25) is 9.10 Å². The van der Waals surface area contributed by atoms with E-state index in [0.29, 0.717) is 17.1 Å². The smallest absolute Gasteiger partial charge is 0.264 e. The lowest BCUT2D eigenvalue weighted by Crippen LogP contribution is -2.29. The Morgan fingerprint density at radius 2 is 1.50 bits per heavy atom. The first-order chi connectivity index (χ1) is 14.3. The summed E-state index contributed by atoms with van der Waals surface area (Å²) >= 11 is 0. The predicted molar refractivity (Wildman–Crippen MR) is 119 cm³/mol. The fourth-order valence-corrected chi connectivity index (χ4v) is 4.14. The molecule has 0 heterocycles. The van der Waals surface area contributed by atoms with Gasteiger partial charge in [-0.15, -0.1) is 0 Å². The molecule has 1 amide bonds. The quantitative estimate of drug-likeness (QED) is 0.604. The molecule has 0 spiro atoms. The Morgan fingerprint density at radius 3 is 2.13 bits per heavy atom. The van der Waals surface area contributed by atoms with Crippen molar-refractivity contribution >= 4 is 27.3 Å². The van der Waals surface area contributed by atoms with Crippen molar-refractivity contribution in [3.8, 4) is 5.75 Å². The van der Waals surface area contributed by atoms with Gasteiger partial charge in [0.25, 0.3) is 15.9 Å². The van der Waals surface area contributed by atoms with Gasteiger partial charge < -0.3 is 10.1 Å². The molecule has 7 heteroatoms. The zero-order chi connectivity index (χ0) is 21.7. The van der Waals surface area contributed by atoms with Crippen molar-refractivity contribution in [2.24, 2.45) is 0 Å². The summed E-state index contributed by atoms with van der Waals surface area (Å²) in [5.74, 6) is 0.301. The number of ether oxygens (including phenoxy) is 1. The molecule has 0 fully saturated rings. The molecule has 3 aromatic rings. The van der Waals surface area contributed by atoms with Crippen molar-refractivity contribution in [3.05, 3.63) is 84.4 Å². The summed E-state index contributed by atoms with van der Waals surface area (Å²) in [6.45, 7) is 3.87. The second-order valence-corrected chi connectivity index (χ2v) is 8.92. The van der Waals surface area contributed by atoms with Crippen LogP contribution in [-0.2, 0) is 10.0 Å². The average Bonchev–Trinajstić information content (AvgIpc) is 2.75. The number of amides is 1. The maximum atomic E-state index is 13.0. The first kappa shape index (κ1) is 21.4. The summed E-state index contributed by atoms with van der Waals surface area (Å²) in [7, 11) is -2.36. The van der Waals surface area contributed by atoms with Crippen LogP contribution in [0.1, 0.15) is 24.2 Å². The summed E-state index contributed by atoms with van der Waals surface area (Å²) in [6, 6.07) is 21.7. The molecule has 3 aromatic carbocycles. The van der Waals surface area contributed by atoms with Crippen LogP contribution in [0.5, 0.6) is 5.75 Å². The molecule has 30 heavy (non-hydrogen) atoms. The van der Waals surface area contributed by atoms with E-state index < -0.39 is 15.9 Å². The van der Waals surface area contributed by atoms with E-state index in [2.05, 4.69) is 5.32 Å². The van der Waals surface area contributed by atoms with E-state index in [1.807, 2.05) is 13.8 Å². The van der Waals surface area contributed by atoms with Crippen LogP contribution < -0.4 is 14.4 Å². The Labute approximate surface area is 177 Å². The summed E-state index contributed by atoms with van der Waals surface area (Å²) < 4.78 is 32.7. The van der Waals surface area contributed by atoms with Crippen molar-refractivity contribution in [3.63, 3.8) is 0 Å². The van der Waals surface area contributed by atoms with Crippen LogP contribution in [0.2, 0.25) is 0 Å². The maximum absolute atomic E-state index is 13.0. The van der Waals surface area contributed by atoms with Gasteiger partial charge in [-0.25, -0.2) is 8.42 Å². The Morgan fingerprint density at radius 1 is 0.900 bits per heavy atom. The van der Waals surface area contributed by atoms with Crippen molar-refractivity contribution in [2.75, 3.05) is 16.7 Å².